The summed E-state index contributed by atoms with van der Waals surface area (Å²) in [6.45, 7) is 6.23. The number of anilines is 1. The number of ether oxygens (including phenoxy) is 1. The summed E-state index contributed by atoms with van der Waals surface area (Å²) in [5.74, 6) is 0.635. The van der Waals surface area contributed by atoms with Gasteiger partial charge in [0.1, 0.15) is 6.04 Å². The molecule has 0 bridgehead atoms. The Morgan fingerprint density at radius 2 is 2.42 bits per heavy atom. The van der Waals surface area contributed by atoms with Crippen LogP contribution in [0.3, 0.4) is 0 Å². The monoisotopic (exact) mass is 265 g/mol. The Labute approximate surface area is 112 Å². The third-order valence-electron chi connectivity index (χ3n) is 2.94. The van der Waals surface area contributed by atoms with Crippen molar-refractivity contribution in [2.75, 3.05) is 31.1 Å². The minimum absolute atomic E-state index is 0.379. The van der Waals surface area contributed by atoms with E-state index in [1.807, 2.05) is 18.7 Å². The van der Waals surface area contributed by atoms with Crippen LogP contribution in [0.25, 0.3) is 0 Å². The highest BCUT2D eigenvalue weighted by Crippen LogP contribution is 2.18. The quantitative estimate of drug-likeness (QED) is 0.758. The second-order valence-corrected chi connectivity index (χ2v) is 4.40. The molecule has 7 nitrogen and oxygen atoms in total. The third-order valence-corrected chi connectivity index (χ3v) is 2.94. The largest absolute Gasteiger partial charge is 0.478 e. The van der Waals surface area contributed by atoms with Gasteiger partial charge in [0.25, 0.3) is 0 Å². The highest BCUT2D eigenvalue weighted by molar-refractivity contribution is 5.83. The van der Waals surface area contributed by atoms with Gasteiger partial charge in [-0.3, -0.25) is 4.79 Å². The molecule has 1 aromatic heterocycles. The van der Waals surface area contributed by atoms with Crippen LogP contribution in [0.1, 0.15) is 12.6 Å². The van der Waals surface area contributed by atoms with Crippen LogP contribution in [-0.2, 0) is 4.79 Å². The van der Waals surface area contributed by atoms with E-state index in [-0.39, 0.29) is 5.91 Å². The molecule has 19 heavy (non-hydrogen) atoms. The first-order valence-electron chi connectivity index (χ1n) is 6.37. The maximum Gasteiger partial charge on any atom is 0.241 e. The minimum atomic E-state index is -0.426. The first-order valence-corrected chi connectivity index (χ1v) is 6.37. The number of piperazine rings is 1. The summed E-state index contributed by atoms with van der Waals surface area (Å²) in [6.07, 6.45) is 0. The van der Waals surface area contributed by atoms with Gasteiger partial charge < -0.3 is 20.7 Å². The Hall–Kier alpha value is -1.89. The number of rotatable bonds is 4. The van der Waals surface area contributed by atoms with Crippen LogP contribution in [0.15, 0.2) is 6.07 Å². The van der Waals surface area contributed by atoms with Crippen molar-refractivity contribution in [1.82, 2.24) is 15.3 Å². The molecule has 0 aromatic carbocycles. The van der Waals surface area contributed by atoms with E-state index in [1.165, 1.54) is 0 Å². The molecule has 1 aliphatic rings. The molecule has 104 valence electrons. The molecule has 0 aliphatic carbocycles. The van der Waals surface area contributed by atoms with Gasteiger partial charge in [0, 0.05) is 31.4 Å². The van der Waals surface area contributed by atoms with E-state index in [9.17, 15) is 4.79 Å². The van der Waals surface area contributed by atoms with Gasteiger partial charge in [-0.15, -0.1) is 0 Å². The van der Waals surface area contributed by atoms with E-state index in [0.717, 1.165) is 12.2 Å². The van der Waals surface area contributed by atoms with Crippen molar-refractivity contribution < 1.29 is 9.53 Å². The summed E-state index contributed by atoms with van der Waals surface area (Å²) < 4.78 is 5.40. The van der Waals surface area contributed by atoms with Gasteiger partial charge in [-0.1, -0.05) is 0 Å². The van der Waals surface area contributed by atoms with Gasteiger partial charge >= 0.3 is 0 Å². The first-order chi connectivity index (χ1) is 9.11. The maximum atomic E-state index is 11.5. The summed E-state index contributed by atoms with van der Waals surface area (Å²) in [5, 5.41) is 3.14. The molecule has 1 unspecified atom stereocenters. The molecule has 2 heterocycles. The number of hydrogen-bond donors (Lipinski definition) is 2. The van der Waals surface area contributed by atoms with Crippen molar-refractivity contribution in [2.45, 2.75) is 19.9 Å². The van der Waals surface area contributed by atoms with E-state index in [4.69, 9.17) is 10.5 Å². The lowest BCUT2D eigenvalue weighted by Crippen LogP contribution is -2.57. The smallest absolute Gasteiger partial charge is 0.241 e. The second-order valence-electron chi connectivity index (χ2n) is 4.40. The summed E-state index contributed by atoms with van der Waals surface area (Å²) >= 11 is 0. The van der Waals surface area contributed by atoms with Gasteiger partial charge in [0.2, 0.25) is 17.7 Å². The number of nitrogens with zero attached hydrogens (tertiary/aromatic N) is 3. The lowest BCUT2D eigenvalue weighted by Gasteiger charge is -2.34. The van der Waals surface area contributed by atoms with Crippen LogP contribution in [0.4, 0.5) is 5.95 Å². The molecule has 3 N–H and O–H groups in total. The van der Waals surface area contributed by atoms with Crippen LogP contribution < -0.4 is 20.7 Å². The highest BCUT2D eigenvalue weighted by atomic mass is 16.5. The fraction of sp³-hybridized carbons (Fsp3) is 0.583. The number of primary amides is 1. The highest BCUT2D eigenvalue weighted by Gasteiger charge is 2.29. The molecule has 1 amide bonds. The van der Waals surface area contributed by atoms with Gasteiger partial charge in [-0.05, 0) is 13.8 Å². The molecule has 1 saturated heterocycles. The van der Waals surface area contributed by atoms with Crippen molar-refractivity contribution in [2.24, 2.45) is 5.73 Å². The van der Waals surface area contributed by atoms with Gasteiger partial charge in [0.15, 0.2) is 0 Å². The predicted molar refractivity (Wildman–Crippen MR) is 71.1 cm³/mol. The fourth-order valence-electron chi connectivity index (χ4n) is 2.07. The molecule has 2 rings (SSSR count). The molecule has 1 atom stereocenters. The van der Waals surface area contributed by atoms with E-state index in [2.05, 4.69) is 15.3 Å². The van der Waals surface area contributed by atoms with Crippen molar-refractivity contribution in [3.63, 3.8) is 0 Å². The average Bonchev–Trinajstić information content (AvgIpc) is 2.38. The number of hydrogen-bond acceptors (Lipinski definition) is 6. The number of aryl methyl sites for hydroxylation is 1. The van der Waals surface area contributed by atoms with E-state index in [1.54, 1.807) is 6.07 Å². The Morgan fingerprint density at radius 3 is 3.11 bits per heavy atom. The molecular formula is C12H19N5O2. The van der Waals surface area contributed by atoms with Crippen LogP contribution in [-0.4, -0.2) is 48.2 Å². The molecule has 1 aromatic rings. The van der Waals surface area contributed by atoms with Crippen LogP contribution in [0.2, 0.25) is 0 Å². The average molecular weight is 265 g/mol. The van der Waals surface area contributed by atoms with Crippen molar-refractivity contribution in [3.8, 4) is 5.88 Å². The summed E-state index contributed by atoms with van der Waals surface area (Å²) in [4.78, 5) is 22.0. The van der Waals surface area contributed by atoms with Gasteiger partial charge in [-0.25, -0.2) is 4.98 Å². The van der Waals surface area contributed by atoms with Crippen molar-refractivity contribution >= 4 is 11.9 Å². The Morgan fingerprint density at radius 1 is 1.63 bits per heavy atom. The lowest BCUT2D eigenvalue weighted by molar-refractivity contribution is -0.119. The number of carbonyl (C=O) groups is 1. The fourth-order valence-corrected chi connectivity index (χ4v) is 2.07. The summed E-state index contributed by atoms with van der Waals surface area (Å²) in [6, 6.07) is 1.35. The zero-order chi connectivity index (χ0) is 13.8. The molecule has 1 aliphatic heterocycles. The number of nitrogens with one attached hydrogen (secondary N) is 1. The van der Waals surface area contributed by atoms with E-state index < -0.39 is 6.04 Å². The SMILES string of the molecule is CCOc1cc(C)nc(N2CCNCC2C(N)=O)n1. The molecular weight excluding hydrogens is 246 g/mol. The maximum absolute atomic E-state index is 11.5. The van der Waals surface area contributed by atoms with Crippen LogP contribution in [0.5, 0.6) is 5.88 Å². The first kappa shape index (κ1) is 13.5. The van der Waals surface area contributed by atoms with Crippen molar-refractivity contribution in [3.05, 3.63) is 11.8 Å². The summed E-state index contributed by atoms with van der Waals surface area (Å²) in [5.41, 5.74) is 6.22. The number of nitrogens with two attached hydrogens (primary N) is 1. The summed E-state index contributed by atoms with van der Waals surface area (Å²) in [7, 11) is 0. The minimum Gasteiger partial charge on any atom is -0.478 e. The zero-order valence-electron chi connectivity index (χ0n) is 11.2. The number of amides is 1. The van der Waals surface area contributed by atoms with Gasteiger partial charge in [-0.2, -0.15) is 4.98 Å². The Bertz CT molecular complexity index is 465. The Kier molecular flexibility index (Phi) is 4.16. The van der Waals surface area contributed by atoms with E-state index >= 15 is 0 Å². The lowest BCUT2D eigenvalue weighted by atomic mass is 10.2. The van der Waals surface area contributed by atoms with Crippen LogP contribution in [0, 0.1) is 6.92 Å². The standard InChI is InChI=1S/C12H19N5O2/c1-3-19-10-6-8(2)15-12(16-10)17-5-4-14-7-9(17)11(13)18/h6,9,14H,3-5,7H2,1-2H3,(H2,13,18). The molecule has 7 heteroatoms. The number of carbonyl (C=O) groups excluding carboxylic acids is 1. The molecule has 0 radical (unpaired) electrons. The van der Waals surface area contributed by atoms with Crippen LogP contribution >= 0.6 is 0 Å². The predicted octanol–water partition coefficient (Wildman–Crippen LogP) is -0.553. The van der Waals surface area contributed by atoms with E-state index in [0.29, 0.717) is 31.5 Å². The Balaban J connectivity index is 2.30. The zero-order valence-corrected chi connectivity index (χ0v) is 11.2. The molecule has 0 saturated carbocycles. The molecule has 1 fully saturated rings. The normalized spacial score (nSPS) is 19.3. The third kappa shape index (κ3) is 3.11. The second kappa shape index (κ2) is 5.83. The van der Waals surface area contributed by atoms with Gasteiger partial charge in [0.05, 0.1) is 6.61 Å². The molecule has 0 spiro atoms. The number of aromatic nitrogens is 2. The van der Waals surface area contributed by atoms with Crippen molar-refractivity contribution in [1.29, 1.82) is 0 Å². The topological polar surface area (TPSA) is 93.4 Å².